The van der Waals surface area contributed by atoms with Crippen LogP contribution in [-0.2, 0) is 6.42 Å². The molecule has 0 amide bonds. The van der Waals surface area contributed by atoms with Crippen molar-refractivity contribution in [1.82, 2.24) is 9.97 Å². The Morgan fingerprint density at radius 2 is 2.05 bits per heavy atom. The number of H-pyrrole nitrogens is 1. The van der Waals surface area contributed by atoms with Gasteiger partial charge in [0.15, 0.2) is 0 Å². The molecule has 0 aliphatic rings. The zero-order valence-electron chi connectivity index (χ0n) is 11.3. The largest absolute Gasteiger partial charge is 0.497 e. The molecule has 100 valence electrons. The molecule has 0 bridgehead atoms. The smallest absolute Gasteiger partial charge is 0.118 e. The van der Waals surface area contributed by atoms with Crippen LogP contribution in [0.1, 0.15) is 30.7 Å². The SMILES string of the molecule is COc1ccc(C=CCCCCc2ncc[nH]2)cc1. The fraction of sp³-hybridized carbons (Fsp3) is 0.312. The second-order valence-electron chi connectivity index (χ2n) is 4.46. The van der Waals surface area contributed by atoms with Crippen molar-refractivity contribution in [3.63, 3.8) is 0 Å². The molecular weight excluding hydrogens is 236 g/mol. The maximum absolute atomic E-state index is 5.13. The van der Waals surface area contributed by atoms with Crippen molar-refractivity contribution in [2.24, 2.45) is 0 Å². The Hall–Kier alpha value is -2.03. The normalized spacial score (nSPS) is 11.0. The third-order valence-corrected chi connectivity index (χ3v) is 3.02. The zero-order valence-corrected chi connectivity index (χ0v) is 11.3. The second kappa shape index (κ2) is 7.41. The highest BCUT2D eigenvalue weighted by Crippen LogP contribution is 2.13. The molecule has 0 atom stereocenters. The van der Waals surface area contributed by atoms with Crippen LogP contribution in [0, 0.1) is 0 Å². The van der Waals surface area contributed by atoms with Crippen LogP contribution >= 0.6 is 0 Å². The highest BCUT2D eigenvalue weighted by molar-refractivity contribution is 5.50. The summed E-state index contributed by atoms with van der Waals surface area (Å²) >= 11 is 0. The summed E-state index contributed by atoms with van der Waals surface area (Å²) in [6.07, 6.45) is 12.6. The lowest BCUT2D eigenvalue weighted by Crippen LogP contribution is -1.87. The predicted octanol–water partition coefficient (Wildman–Crippen LogP) is 3.84. The number of nitrogens with zero attached hydrogens (tertiary/aromatic N) is 1. The molecule has 1 aromatic heterocycles. The Labute approximate surface area is 114 Å². The molecule has 2 rings (SSSR count). The van der Waals surface area contributed by atoms with E-state index in [0.29, 0.717) is 0 Å². The summed E-state index contributed by atoms with van der Waals surface area (Å²) < 4.78 is 5.13. The summed E-state index contributed by atoms with van der Waals surface area (Å²) in [7, 11) is 1.68. The quantitative estimate of drug-likeness (QED) is 0.764. The van der Waals surface area contributed by atoms with E-state index in [4.69, 9.17) is 4.74 Å². The maximum atomic E-state index is 5.13. The number of benzene rings is 1. The maximum Gasteiger partial charge on any atom is 0.118 e. The van der Waals surface area contributed by atoms with Crippen LogP contribution in [0.4, 0.5) is 0 Å². The molecule has 0 spiro atoms. The van der Waals surface area contributed by atoms with Gasteiger partial charge in [0.1, 0.15) is 11.6 Å². The van der Waals surface area contributed by atoms with E-state index in [1.54, 1.807) is 13.3 Å². The number of rotatable bonds is 7. The van der Waals surface area contributed by atoms with Gasteiger partial charge in [0.05, 0.1) is 7.11 Å². The third kappa shape index (κ3) is 4.62. The van der Waals surface area contributed by atoms with Crippen LogP contribution < -0.4 is 4.74 Å². The standard InChI is InChI=1S/C16H20N2O/c1-19-15-10-8-14(9-11-15)6-4-2-3-5-7-16-17-12-13-18-16/h4,6,8-13H,2-3,5,7H2,1H3,(H,17,18). The van der Waals surface area contributed by atoms with Gasteiger partial charge in [0, 0.05) is 18.8 Å². The van der Waals surface area contributed by atoms with E-state index in [0.717, 1.165) is 24.4 Å². The molecule has 3 nitrogen and oxygen atoms in total. The average molecular weight is 256 g/mol. The molecule has 1 aromatic carbocycles. The van der Waals surface area contributed by atoms with E-state index >= 15 is 0 Å². The van der Waals surface area contributed by atoms with Gasteiger partial charge >= 0.3 is 0 Å². The Balaban J connectivity index is 1.65. The Morgan fingerprint density at radius 3 is 2.74 bits per heavy atom. The number of hydrogen-bond acceptors (Lipinski definition) is 2. The van der Waals surface area contributed by atoms with E-state index < -0.39 is 0 Å². The van der Waals surface area contributed by atoms with Crippen LogP contribution in [0.25, 0.3) is 6.08 Å². The van der Waals surface area contributed by atoms with Crippen molar-refractivity contribution in [2.75, 3.05) is 7.11 Å². The number of allylic oxidation sites excluding steroid dienone is 1. The van der Waals surface area contributed by atoms with E-state index in [2.05, 4.69) is 34.3 Å². The second-order valence-corrected chi connectivity index (χ2v) is 4.46. The van der Waals surface area contributed by atoms with Crippen LogP contribution in [0.2, 0.25) is 0 Å². The van der Waals surface area contributed by atoms with Gasteiger partial charge in [-0.05, 0) is 37.0 Å². The number of ether oxygens (including phenoxy) is 1. The van der Waals surface area contributed by atoms with Gasteiger partial charge in [0.2, 0.25) is 0 Å². The van der Waals surface area contributed by atoms with E-state index in [1.165, 1.54) is 18.4 Å². The molecular formula is C16H20N2O. The molecule has 1 N–H and O–H groups in total. The lowest BCUT2D eigenvalue weighted by atomic mass is 10.1. The predicted molar refractivity (Wildman–Crippen MR) is 78.2 cm³/mol. The molecule has 3 heteroatoms. The molecule has 19 heavy (non-hydrogen) atoms. The number of hydrogen-bond donors (Lipinski definition) is 1. The van der Waals surface area contributed by atoms with Crippen molar-refractivity contribution >= 4 is 6.08 Å². The number of imidazole rings is 1. The first-order valence-corrected chi connectivity index (χ1v) is 6.67. The number of methoxy groups -OCH3 is 1. The van der Waals surface area contributed by atoms with Crippen molar-refractivity contribution < 1.29 is 4.74 Å². The molecule has 0 unspecified atom stereocenters. The molecule has 1 heterocycles. The average Bonchev–Trinajstić information content (AvgIpc) is 2.96. The summed E-state index contributed by atoms with van der Waals surface area (Å²) in [6.45, 7) is 0. The monoisotopic (exact) mass is 256 g/mol. The van der Waals surface area contributed by atoms with Crippen LogP contribution in [-0.4, -0.2) is 17.1 Å². The van der Waals surface area contributed by atoms with Gasteiger partial charge in [-0.15, -0.1) is 0 Å². The third-order valence-electron chi connectivity index (χ3n) is 3.02. The Bertz CT molecular complexity index is 486. The first-order chi connectivity index (χ1) is 9.38. The highest BCUT2D eigenvalue weighted by Gasteiger charge is 1.94. The minimum absolute atomic E-state index is 0.899. The molecule has 0 saturated carbocycles. The summed E-state index contributed by atoms with van der Waals surface area (Å²) in [6, 6.07) is 8.10. The minimum Gasteiger partial charge on any atom is -0.497 e. The zero-order chi connectivity index (χ0) is 13.3. The van der Waals surface area contributed by atoms with Gasteiger partial charge < -0.3 is 9.72 Å². The number of aryl methyl sites for hydroxylation is 1. The molecule has 0 fully saturated rings. The fourth-order valence-electron chi connectivity index (χ4n) is 1.92. The molecule has 0 saturated heterocycles. The number of nitrogens with one attached hydrogen (secondary N) is 1. The Morgan fingerprint density at radius 1 is 1.21 bits per heavy atom. The molecule has 0 radical (unpaired) electrons. The van der Waals surface area contributed by atoms with Gasteiger partial charge in [-0.3, -0.25) is 0 Å². The van der Waals surface area contributed by atoms with Crippen molar-refractivity contribution in [1.29, 1.82) is 0 Å². The summed E-state index contributed by atoms with van der Waals surface area (Å²) in [4.78, 5) is 7.34. The molecule has 0 aliphatic heterocycles. The highest BCUT2D eigenvalue weighted by atomic mass is 16.5. The van der Waals surface area contributed by atoms with Crippen LogP contribution in [0.3, 0.4) is 0 Å². The summed E-state index contributed by atoms with van der Waals surface area (Å²) in [5.74, 6) is 1.98. The van der Waals surface area contributed by atoms with Gasteiger partial charge in [-0.25, -0.2) is 4.98 Å². The van der Waals surface area contributed by atoms with Crippen molar-refractivity contribution in [3.8, 4) is 5.75 Å². The lowest BCUT2D eigenvalue weighted by molar-refractivity contribution is 0.415. The van der Waals surface area contributed by atoms with E-state index in [-0.39, 0.29) is 0 Å². The van der Waals surface area contributed by atoms with Gasteiger partial charge in [-0.2, -0.15) is 0 Å². The first kappa shape index (κ1) is 13.4. The first-order valence-electron chi connectivity index (χ1n) is 6.67. The number of unbranched alkanes of at least 4 members (excludes halogenated alkanes) is 2. The van der Waals surface area contributed by atoms with Gasteiger partial charge in [0.25, 0.3) is 0 Å². The Kier molecular flexibility index (Phi) is 5.23. The van der Waals surface area contributed by atoms with Crippen molar-refractivity contribution in [2.45, 2.75) is 25.7 Å². The molecule has 0 aliphatic carbocycles. The fourth-order valence-corrected chi connectivity index (χ4v) is 1.92. The van der Waals surface area contributed by atoms with Gasteiger partial charge in [-0.1, -0.05) is 24.3 Å². The number of aromatic nitrogens is 2. The summed E-state index contributed by atoms with van der Waals surface area (Å²) in [5.41, 5.74) is 1.21. The summed E-state index contributed by atoms with van der Waals surface area (Å²) in [5, 5.41) is 0. The van der Waals surface area contributed by atoms with Crippen LogP contribution in [0.5, 0.6) is 5.75 Å². The topological polar surface area (TPSA) is 37.9 Å². The number of aromatic amines is 1. The van der Waals surface area contributed by atoms with E-state index in [9.17, 15) is 0 Å². The van der Waals surface area contributed by atoms with Crippen molar-refractivity contribution in [3.05, 3.63) is 54.1 Å². The van der Waals surface area contributed by atoms with Crippen LogP contribution in [0.15, 0.2) is 42.7 Å². The minimum atomic E-state index is 0.899. The lowest BCUT2D eigenvalue weighted by Gasteiger charge is -1.99. The van der Waals surface area contributed by atoms with E-state index in [1.807, 2.05) is 18.3 Å². The molecule has 2 aromatic rings.